The van der Waals surface area contributed by atoms with E-state index in [1.807, 2.05) is 0 Å². The Kier molecular flexibility index (Phi) is 2.67. The number of alkyl halides is 1. The highest BCUT2D eigenvalue weighted by Crippen LogP contribution is 2.13. The Morgan fingerprint density at radius 1 is 1.55 bits per heavy atom. The van der Waals surface area contributed by atoms with Gasteiger partial charge in [-0.3, -0.25) is 0 Å². The van der Waals surface area contributed by atoms with Crippen molar-refractivity contribution in [2.75, 3.05) is 0 Å². The molecule has 0 saturated heterocycles. The summed E-state index contributed by atoms with van der Waals surface area (Å²) in [5.41, 5.74) is 1.55. The summed E-state index contributed by atoms with van der Waals surface area (Å²) in [7, 11) is 0. The largest absolute Gasteiger partial charge is 0.207 e. The van der Waals surface area contributed by atoms with E-state index in [9.17, 15) is 4.39 Å². The number of rotatable bonds is 1. The fourth-order valence-corrected chi connectivity index (χ4v) is 1.28. The van der Waals surface area contributed by atoms with Crippen molar-refractivity contribution in [3.05, 3.63) is 35.1 Å². The van der Waals surface area contributed by atoms with Gasteiger partial charge in [-0.1, -0.05) is 21.9 Å². The number of halogens is 2. The third-order valence-corrected chi connectivity index (χ3v) is 1.97. The monoisotopic (exact) mass is 212 g/mol. The number of benzene rings is 1. The molecule has 0 aromatic heterocycles. The molecule has 0 atom stereocenters. The first-order valence-electron chi connectivity index (χ1n) is 3.09. The Labute approximate surface area is 73.6 Å². The van der Waals surface area contributed by atoms with Crippen LogP contribution in [0.4, 0.5) is 4.39 Å². The van der Waals surface area contributed by atoms with Gasteiger partial charge in [0.1, 0.15) is 5.82 Å². The molecule has 0 amide bonds. The van der Waals surface area contributed by atoms with E-state index < -0.39 is 0 Å². The molecule has 0 spiro atoms. The smallest absolute Gasteiger partial charge is 0.123 e. The maximum absolute atomic E-state index is 12.6. The van der Waals surface area contributed by atoms with E-state index in [1.54, 1.807) is 6.07 Å². The van der Waals surface area contributed by atoms with Crippen molar-refractivity contribution in [2.24, 2.45) is 0 Å². The van der Waals surface area contributed by atoms with Crippen LogP contribution in [0.15, 0.2) is 18.2 Å². The van der Waals surface area contributed by atoms with Crippen molar-refractivity contribution in [3.63, 3.8) is 0 Å². The molecule has 0 aliphatic heterocycles. The van der Waals surface area contributed by atoms with Crippen molar-refractivity contribution < 1.29 is 4.39 Å². The van der Waals surface area contributed by atoms with Gasteiger partial charge in [0.05, 0.1) is 0 Å². The van der Waals surface area contributed by atoms with Gasteiger partial charge in [-0.25, -0.2) is 4.39 Å². The van der Waals surface area contributed by atoms with E-state index >= 15 is 0 Å². The topological polar surface area (TPSA) is 0 Å². The Balaban J connectivity index is 3.19. The van der Waals surface area contributed by atoms with Crippen LogP contribution in [0.2, 0.25) is 0 Å². The number of terminal acetylenes is 1. The van der Waals surface area contributed by atoms with E-state index in [0.29, 0.717) is 5.33 Å². The molecule has 0 unspecified atom stereocenters. The summed E-state index contributed by atoms with van der Waals surface area (Å²) in [5, 5.41) is 0.588. The molecule has 0 saturated carbocycles. The van der Waals surface area contributed by atoms with Crippen LogP contribution in [-0.2, 0) is 5.33 Å². The molecule has 1 aromatic rings. The maximum Gasteiger partial charge on any atom is 0.123 e. The van der Waals surface area contributed by atoms with Gasteiger partial charge in [-0.05, 0) is 23.8 Å². The van der Waals surface area contributed by atoms with E-state index in [-0.39, 0.29) is 5.82 Å². The highest BCUT2D eigenvalue weighted by molar-refractivity contribution is 9.08. The standard InChI is InChI=1S/C9H6BrF/c1-2-7-3-4-9(11)5-8(7)6-10/h1,3-5H,6H2. The molecule has 56 valence electrons. The lowest BCUT2D eigenvalue weighted by Crippen LogP contribution is -1.86. The minimum absolute atomic E-state index is 0.251. The van der Waals surface area contributed by atoms with Crippen molar-refractivity contribution in [2.45, 2.75) is 5.33 Å². The fourth-order valence-electron chi connectivity index (χ4n) is 0.814. The Morgan fingerprint density at radius 2 is 2.27 bits per heavy atom. The maximum atomic E-state index is 12.6. The molecule has 1 aromatic carbocycles. The lowest BCUT2D eigenvalue weighted by Gasteiger charge is -1.98. The second-order valence-corrected chi connectivity index (χ2v) is 2.64. The molecule has 0 heterocycles. The molecule has 0 aliphatic rings. The van der Waals surface area contributed by atoms with Crippen LogP contribution >= 0.6 is 15.9 Å². The van der Waals surface area contributed by atoms with Gasteiger partial charge in [0.25, 0.3) is 0 Å². The Morgan fingerprint density at radius 3 is 2.82 bits per heavy atom. The third kappa shape index (κ3) is 1.81. The van der Waals surface area contributed by atoms with Crippen LogP contribution in [0, 0.1) is 18.2 Å². The molecule has 1 rings (SSSR count). The lowest BCUT2D eigenvalue weighted by atomic mass is 10.1. The van der Waals surface area contributed by atoms with Gasteiger partial charge in [0.2, 0.25) is 0 Å². The van der Waals surface area contributed by atoms with Gasteiger partial charge in [0.15, 0.2) is 0 Å². The van der Waals surface area contributed by atoms with E-state index in [1.165, 1.54) is 12.1 Å². The van der Waals surface area contributed by atoms with Crippen molar-refractivity contribution in [1.82, 2.24) is 0 Å². The molecule has 11 heavy (non-hydrogen) atoms. The van der Waals surface area contributed by atoms with Gasteiger partial charge < -0.3 is 0 Å². The minimum Gasteiger partial charge on any atom is -0.207 e. The summed E-state index contributed by atoms with van der Waals surface area (Å²) in [6.45, 7) is 0. The number of hydrogen-bond donors (Lipinski definition) is 0. The molecule has 0 nitrogen and oxygen atoms in total. The molecular formula is C9H6BrF. The van der Waals surface area contributed by atoms with Crippen LogP contribution in [-0.4, -0.2) is 0 Å². The summed E-state index contributed by atoms with van der Waals surface area (Å²) < 4.78 is 12.6. The normalized spacial score (nSPS) is 9.18. The van der Waals surface area contributed by atoms with Crippen molar-refractivity contribution >= 4 is 15.9 Å². The predicted molar refractivity (Wildman–Crippen MR) is 47.0 cm³/mol. The summed E-state index contributed by atoms with van der Waals surface area (Å²) in [6, 6.07) is 4.40. The van der Waals surface area contributed by atoms with E-state index in [4.69, 9.17) is 6.42 Å². The van der Waals surface area contributed by atoms with Crippen LogP contribution in [0.5, 0.6) is 0 Å². The van der Waals surface area contributed by atoms with Gasteiger partial charge in [-0.2, -0.15) is 0 Å². The fraction of sp³-hybridized carbons (Fsp3) is 0.111. The summed E-state index contributed by atoms with van der Waals surface area (Å²) >= 11 is 3.22. The quantitative estimate of drug-likeness (QED) is 0.497. The zero-order chi connectivity index (χ0) is 8.27. The lowest BCUT2D eigenvalue weighted by molar-refractivity contribution is 0.626. The van der Waals surface area contributed by atoms with Crippen molar-refractivity contribution in [1.29, 1.82) is 0 Å². The number of hydrogen-bond acceptors (Lipinski definition) is 0. The van der Waals surface area contributed by atoms with Crippen LogP contribution in [0.3, 0.4) is 0 Å². The van der Waals surface area contributed by atoms with E-state index in [0.717, 1.165) is 11.1 Å². The molecule has 2 heteroatoms. The highest BCUT2D eigenvalue weighted by Gasteiger charge is 1.98. The zero-order valence-electron chi connectivity index (χ0n) is 5.77. The predicted octanol–water partition coefficient (Wildman–Crippen LogP) is 2.70. The molecule has 0 fully saturated rings. The minimum atomic E-state index is -0.251. The third-order valence-electron chi connectivity index (χ3n) is 1.37. The molecule has 0 radical (unpaired) electrons. The first-order valence-corrected chi connectivity index (χ1v) is 4.21. The molecule has 0 aliphatic carbocycles. The molecule has 0 bridgehead atoms. The van der Waals surface area contributed by atoms with Gasteiger partial charge in [-0.15, -0.1) is 6.42 Å². The molecule has 0 N–H and O–H groups in total. The highest BCUT2D eigenvalue weighted by atomic mass is 79.9. The second kappa shape index (κ2) is 3.54. The SMILES string of the molecule is C#Cc1ccc(F)cc1CBr. The summed E-state index contributed by atoms with van der Waals surface area (Å²) in [5.74, 6) is 2.23. The summed E-state index contributed by atoms with van der Waals surface area (Å²) in [4.78, 5) is 0. The van der Waals surface area contributed by atoms with Crippen LogP contribution < -0.4 is 0 Å². The Bertz CT molecular complexity index is 299. The summed E-state index contributed by atoms with van der Waals surface area (Å²) in [6.07, 6.45) is 5.18. The van der Waals surface area contributed by atoms with E-state index in [2.05, 4.69) is 21.9 Å². The van der Waals surface area contributed by atoms with Gasteiger partial charge in [0, 0.05) is 10.9 Å². The average Bonchev–Trinajstić information content (AvgIpc) is 2.04. The first kappa shape index (κ1) is 8.29. The molecular weight excluding hydrogens is 207 g/mol. The van der Waals surface area contributed by atoms with Crippen LogP contribution in [0.1, 0.15) is 11.1 Å². The van der Waals surface area contributed by atoms with Crippen molar-refractivity contribution in [3.8, 4) is 12.3 Å². The Hall–Kier alpha value is -0.810. The second-order valence-electron chi connectivity index (χ2n) is 2.08. The average molecular weight is 213 g/mol. The van der Waals surface area contributed by atoms with Gasteiger partial charge >= 0.3 is 0 Å². The first-order chi connectivity index (χ1) is 5.27. The zero-order valence-corrected chi connectivity index (χ0v) is 7.36. The van der Waals surface area contributed by atoms with Crippen LogP contribution in [0.25, 0.3) is 0 Å².